The van der Waals surface area contributed by atoms with Gasteiger partial charge >= 0.3 is 0 Å². The average molecular weight is 378 g/mol. The highest BCUT2D eigenvalue weighted by atomic mass is 16.5. The molecule has 0 aliphatic carbocycles. The van der Waals surface area contributed by atoms with Crippen molar-refractivity contribution in [2.24, 2.45) is 5.92 Å². The number of carbonyl (C=O) groups excluding carboxylic acids is 2. The first-order valence-electron chi connectivity index (χ1n) is 10.0. The van der Waals surface area contributed by atoms with Crippen LogP contribution in [0.2, 0.25) is 0 Å². The number of fused-ring (bicyclic) bond motifs is 1. The molecule has 2 amide bonds. The molecule has 0 saturated carbocycles. The lowest BCUT2D eigenvalue weighted by Crippen LogP contribution is -2.57. The summed E-state index contributed by atoms with van der Waals surface area (Å²) in [6.07, 6.45) is 2.88. The van der Waals surface area contributed by atoms with Crippen molar-refractivity contribution in [3.8, 4) is 5.75 Å². The van der Waals surface area contributed by atoms with E-state index in [9.17, 15) is 9.59 Å². The van der Waals surface area contributed by atoms with Gasteiger partial charge in [-0.15, -0.1) is 0 Å². The molecule has 0 spiro atoms. The summed E-state index contributed by atoms with van der Waals surface area (Å²) < 4.78 is 5.62. The van der Waals surface area contributed by atoms with Gasteiger partial charge in [0, 0.05) is 31.2 Å². The molecule has 28 heavy (non-hydrogen) atoms. The summed E-state index contributed by atoms with van der Waals surface area (Å²) in [4.78, 5) is 29.5. The number of hydrogen-bond donors (Lipinski definition) is 0. The summed E-state index contributed by atoms with van der Waals surface area (Å²) in [6, 6.07) is 19.1. The third-order valence-electron chi connectivity index (χ3n) is 5.81. The van der Waals surface area contributed by atoms with E-state index in [0.29, 0.717) is 24.8 Å². The highest BCUT2D eigenvalue weighted by Crippen LogP contribution is 2.31. The largest absolute Gasteiger partial charge is 0.484 e. The SMILES string of the molecule is O=C(COc1ccccc1)N1CC[C@H]2[C@H](CCCN2C(=O)c2ccccc2)C1. The Balaban J connectivity index is 1.36. The normalized spacial score (nSPS) is 21.7. The van der Waals surface area contributed by atoms with Gasteiger partial charge in [0.1, 0.15) is 5.75 Å². The lowest BCUT2D eigenvalue weighted by atomic mass is 9.83. The van der Waals surface area contributed by atoms with Crippen molar-refractivity contribution in [2.45, 2.75) is 25.3 Å². The third-order valence-corrected chi connectivity index (χ3v) is 5.81. The van der Waals surface area contributed by atoms with Crippen molar-refractivity contribution < 1.29 is 14.3 Å². The number of para-hydroxylation sites is 1. The predicted molar refractivity (Wildman–Crippen MR) is 107 cm³/mol. The number of ether oxygens (including phenoxy) is 1. The molecule has 0 radical (unpaired) electrons. The molecular formula is C23H26N2O3. The lowest BCUT2D eigenvalue weighted by molar-refractivity contribution is -0.136. The first kappa shape index (κ1) is 18.5. The van der Waals surface area contributed by atoms with Gasteiger partial charge in [-0.2, -0.15) is 0 Å². The molecule has 0 N–H and O–H groups in total. The summed E-state index contributed by atoms with van der Waals surface area (Å²) in [5, 5.41) is 0. The molecule has 0 unspecified atom stereocenters. The highest BCUT2D eigenvalue weighted by molar-refractivity contribution is 5.94. The molecule has 5 heteroatoms. The predicted octanol–water partition coefficient (Wildman–Crippen LogP) is 3.22. The van der Waals surface area contributed by atoms with E-state index in [1.165, 1.54) is 0 Å². The Kier molecular flexibility index (Phi) is 5.60. The minimum Gasteiger partial charge on any atom is -0.484 e. The number of piperidine rings is 2. The Morgan fingerprint density at radius 3 is 2.39 bits per heavy atom. The summed E-state index contributed by atoms with van der Waals surface area (Å²) >= 11 is 0. The molecule has 2 aliphatic heterocycles. The topological polar surface area (TPSA) is 49.9 Å². The second-order valence-electron chi connectivity index (χ2n) is 7.56. The van der Waals surface area contributed by atoms with Gasteiger partial charge in [-0.05, 0) is 49.4 Å². The van der Waals surface area contributed by atoms with Crippen molar-refractivity contribution in [3.05, 3.63) is 66.2 Å². The lowest BCUT2D eigenvalue weighted by Gasteiger charge is -2.47. The van der Waals surface area contributed by atoms with Crippen LogP contribution in [0.25, 0.3) is 0 Å². The van der Waals surface area contributed by atoms with Crippen molar-refractivity contribution >= 4 is 11.8 Å². The van der Waals surface area contributed by atoms with Crippen LogP contribution in [-0.4, -0.2) is 53.9 Å². The number of nitrogens with zero attached hydrogens (tertiary/aromatic N) is 2. The molecule has 2 fully saturated rings. The molecule has 4 rings (SSSR count). The zero-order chi connectivity index (χ0) is 19.3. The summed E-state index contributed by atoms with van der Waals surface area (Å²) in [7, 11) is 0. The number of rotatable bonds is 4. The van der Waals surface area contributed by atoms with Crippen LogP contribution in [0.3, 0.4) is 0 Å². The zero-order valence-corrected chi connectivity index (χ0v) is 16.0. The third kappa shape index (κ3) is 4.03. The molecule has 0 aromatic heterocycles. The van der Waals surface area contributed by atoms with E-state index < -0.39 is 0 Å². The molecule has 2 atom stereocenters. The fourth-order valence-electron chi connectivity index (χ4n) is 4.38. The van der Waals surface area contributed by atoms with E-state index in [0.717, 1.165) is 31.4 Å². The Morgan fingerprint density at radius 2 is 1.64 bits per heavy atom. The van der Waals surface area contributed by atoms with E-state index >= 15 is 0 Å². The molecule has 146 valence electrons. The average Bonchev–Trinajstić information content (AvgIpc) is 2.77. The van der Waals surface area contributed by atoms with Crippen LogP contribution in [0, 0.1) is 5.92 Å². The van der Waals surface area contributed by atoms with E-state index in [-0.39, 0.29) is 24.5 Å². The quantitative estimate of drug-likeness (QED) is 0.821. The molecule has 0 bridgehead atoms. The monoisotopic (exact) mass is 378 g/mol. The van der Waals surface area contributed by atoms with Crippen molar-refractivity contribution in [1.82, 2.24) is 9.80 Å². The van der Waals surface area contributed by atoms with E-state index in [1.807, 2.05) is 70.5 Å². The molecule has 2 aromatic rings. The second-order valence-corrected chi connectivity index (χ2v) is 7.56. The number of carbonyl (C=O) groups is 2. The summed E-state index contributed by atoms with van der Waals surface area (Å²) in [5.41, 5.74) is 0.748. The van der Waals surface area contributed by atoms with Gasteiger partial charge in [0.2, 0.25) is 0 Å². The van der Waals surface area contributed by atoms with Gasteiger partial charge in [0.05, 0.1) is 0 Å². The van der Waals surface area contributed by atoms with Gasteiger partial charge in [-0.3, -0.25) is 9.59 Å². The molecule has 2 aliphatic rings. The zero-order valence-electron chi connectivity index (χ0n) is 16.0. The number of hydrogen-bond acceptors (Lipinski definition) is 3. The van der Waals surface area contributed by atoms with Crippen molar-refractivity contribution in [2.75, 3.05) is 26.2 Å². The summed E-state index contributed by atoms with van der Waals surface area (Å²) in [6.45, 7) is 2.25. The van der Waals surface area contributed by atoms with Crippen LogP contribution in [-0.2, 0) is 4.79 Å². The van der Waals surface area contributed by atoms with Crippen LogP contribution >= 0.6 is 0 Å². The van der Waals surface area contributed by atoms with Crippen LogP contribution in [0.5, 0.6) is 5.75 Å². The Bertz CT molecular complexity index is 809. The van der Waals surface area contributed by atoms with Crippen molar-refractivity contribution in [1.29, 1.82) is 0 Å². The van der Waals surface area contributed by atoms with Crippen LogP contribution in [0.1, 0.15) is 29.6 Å². The minimum absolute atomic E-state index is 0.0220. The van der Waals surface area contributed by atoms with Gasteiger partial charge in [0.25, 0.3) is 11.8 Å². The fraction of sp³-hybridized carbons (Fsp3) is 0.391. The maximum atomic E-state index is 13.0. The minimum atomic E-state index is 0.0220. The Morgan fingerprint density at radius 1 is 0.929 bits per heavy atom. The van der Waals surface area contributed by atoms with Crippen LogP contribution in [0.15, 0.2) is 60.7 Å². The second kappa shape index (κ2) is 8.46. The number of benzene rings is 2. The molecule has 5 nitrogen and oxygen atoms in total. The van der Waals surface area contributed by atoms with Crippen LogP contribution < -0.4 is 4.74 Å². The number of amides is 2. The van der Waals surface area contributed by atoms with Gasteiger partial charge in [-0.25, -0.2) is 0 Å². The van der Waals surface area contributed by atoms with Gasteiger partial charge in [-0.1, -0.05) is 36.4 Å². The van der Waals surface area contributed by atoms with E-state index in [4.69, 9.17) is 4.74 Å². The van der Waals surface area contributed by atoms with E-state index in [2.05, 4.69) is 0 Å². The standard InChI is InChI=1S/C23H26N2O3/c26-22(17-28-20-11-5-2-6-12-20)24-15-13-21-19(16-24)10-7-14-25(21)23(27)18-8-3-1-4-9-18/h1-6,8-9,11-12,19,21H,7,10,13-17H2/t19-,21+/m1/s1. The molecule has 2 heterocycles. The first-order chi connectivity index (χ1) is 13.7. The van der Waals surface area contributed by atoms with Crippen molar-refractivity contribution in [3.63, 3.8) is 0 Å². The maximum Gasteiger partial charge on any atom is 0.260 e. The van der Waals surface area contributed by atoms with Gasteiger partial charge in [0.15, 0.2) is 6.61 Å². The Labute approximate surface area is 165 Å². The molecular weight excluding hydrogens is 352 g/mol. The van der Waals surface area contributed by atoms with Gasteiger partial charge < -0.3 is 14.5 Å². The number of likely N-dealkylation sites (tertiary alicyclic amines) is 2. The first-order valence-corrected chi connectivity index (χ1v) is 10.0. The smallest absolute Gasteiger partial charge is 0.260 e. The Hall–Kier alpha value is -2.82. The fourth-order valence-corrected chi connectivity index (χ4v) is 4.38. The maximum absolute atomic E-state index is 13.0. The molecule has 2 saturated heterocycles. The van der Waals surface area contributed by atoms with E-state index in [1.54, 1.807) is 0 Å². The summed E-state index contributed by atoms with van der Waals surface area (Å²) in [5.74, 6) is 1.19. The molecule has 2 aromatic carbocycles. The van der Waals surface area contributed by atoms with Crippen LogP contribution in [0.4, 0.5) is 0 Å². The highest BCUT2D eigenvalue weighted by Gasteiger charge is 2.39.